The molecule has 0 aromatic rings. The molecule has 1 fully saturated rings. The van der Waals surface area contributed by atoms with Gasteiger partial charge < -0.3 is 15.3 Å². The van der Waals surface area contributed by atoms with E-state index in [1.807, 2.05) is 13.8 Å². The predicted octanol–water partition coefficient (Wildman–Crippen LogP) is 0.260. The molecule has 1 rings (SSSR count). The summed E-state index contributed by atoms with van der Waals surface area (Å²) in [6.07, 6.45) is 0.404. The van der Waals surface area contributed by atoms with Crippen molar-refractivity contribution in [1.82, 2.24) is 10.2 Å². The standard InChI is InChI=1S/C11H20N2O4S/c1-8(2)7-9(10(14)15)12-11(16)13-3-5-18(17)6-4-13/h8-9H,3-7H2,1-2H3,(H,12,16)(H,14,15)/t9-/m1/s1. The van der Waals surface area contributed by atoms with Crippen LogP contribution in [0.15, 0.2) is 0 Å². The molecule has 0 unspecified atom stereocenters. The Morgan fingerprint density at radius 3 is 2.33 bits per heavy atom. The van der Waals surface area contributed by atoms with Crippen LogP contribution in [0.25, 0.3) is 0 Å². The quantitative estimate of drug-likeness (QED) is 0.771. The van der Waals surface area contributed by atoms with E-state index in [9.17, 15) is 13.8 Å². The Morgan fingerprint density at radius 1 is 1.33 bits per heavy atom. The number of amides is 2. The first-order valence-corrected chi connectivity index (χ1v) is 7.52. The van der Waals surface area contributed by atoms with E-state index in [0.717, 1.165) is 0 Å². The molecule has 1 aliphatic rings. The van der Waals surface area contributed by atoms with Crippen LogP contribution in [0.3, 0.4) is 0 Å². The summed E-state index contributed by atoms with van der Waals surface area (Å²) in [7, 11) is -0.846. The van der Waals surface area contributed by atoms with Crippen molar-refractivity contribution in [2.75, 3.05) is 24.6 Å². The fourth-order valence-corrected chi connectivity index (χ4v) is 2.83. The zero-order chi connectivity index (χ0) is 13.7. The number of hydrogen-bond acceptors (Lipinski definition) is 3. The lowest BCUT2D eigenvalue weighted by Crippen LogP contribution is -2.51. The highest BCUT2D eigenvalue weighted by Gasteiger charge is 2.25. The maximum atomic E-state index is 11.9. The van der Waals surface area contributed by atoms with E-state index in [1.54, 1.807) is 0 Å². The van der Waals surface area contributed by atoms with Gasteiger partial charge in [0.25, 0.3) is 0 Å². The van der Waals surface area contributed by atoms with Crippen molar-refractivity contribution in [3.8, 4) is 0 Å². The van der Waals surface area contributed by atoms with E-state index in [1.165, 1.54) is 4.90 Å². The molecule has 0 radical (unpaired) electrons. The lowest BCUT2D eigenvalue weighted by Gasteiger charge is -2.28. The number of aliphatic carboxylic acids is 1. The summed E-state index contributed by atoms with van der Waals surface area (Å²) >= 11 is 0. The van der Waals surface area contributed by atoms with Gasteiger partial charge in [0.2, 0.25) is 0 Å². The molecule has 0 spiro atoms. The van der Waals surface area contributed by atoms with Crippen molar-refractivity contribution in [2.24, 2.45) is 5.92 Å². The van der Waals surface area contributed by atoms with Gasteiger partial charge >= 0.3 is 12.0 Å². The molecule has 0 saturated carbocycles. The van der Waals surface area contributed by atoms with Crippen molar-refractivity contribution in [3.05, 3.63) is 0 Å². The third-order valence-electron chi connectivity index (χ3n) is 2.77. The summed E-state index contributed by atoms with van der Waals surface area (Å²) in [6.45, 7) is 4.66. The molecule has 0 bridgehead atoms. The molecule has 2 N–H and O–H groups in total. The van der Waals surface area contributed by atoms with Crippen LogP contribution in [0.4, 0.5) is 4.79 Å². The normalized spacial score (nSPS) is 18.7. The molecule has 7 heteroatoms. The topological polar surface area (TPSA) is 86.7 Å². The second kappa shape index (κ2) is 6.72. The van der Waals surface area contributed by atoms with Crippen molar-refractivity contribution in [3.63, 3.8) is 0 Å². The highest BCUT2D eigenvalue weighted by Crippen LogP contribution is 2.07. The molecule has 0 aliphatic carbocycles. The van der Waals surface area contributed by atoms with Crippen molar-refractivity contribution in [1.29, 1.82) is 0 Å². The fourth-order valence-electron chi connectivity index (χ4n) is 1.77. The van der Waals surface area contributed by atoms with Crippen LogP contribution in [-0.4, -0.2) is 56.9 Å². The van der Waals surface area contributed by atoms with Crippen molar-refractivity contribution >= 4 is 22.8 Å². The number of rotatable bonds is 4. The average molecular weight is 276 g/mol. The second-order valence-corrected chi connectivity index (χ2v) is 6.50. The Labute approximate surface area is 109 Å². The number of hydrogen-bond donors (Lipinski definition) is 2. The molecule has 1 saturated heterocycles. The first kappa shape index (κ1) is 14.9. The minimum Gasteiger partial charge on any atom is -0.480 e. The molecule has 1 aliphatic heterocycles. The molecule has 0 aromatic carbocycles. The summed E-state index contributed by atoms with van der Waals surface area (Å²) in [5.74, 6) is 0.114. The Kier molecular flexibility index (Phi) is 5.58. The minimum absolute atomic E-state index is 0.195. The number of carbonyl (C=O) groups is 2. The zero-order valence-electron chi connectivity index (χ0n) is 10.7. The zero-order valence-corrected chi connectivity index (χ0v) is 11.5. The lowest BCUT2D eigenvalue weighted by molar-refractivity contribution is -0.139. The molecular weight excluding hydrogens is 256 g/mol. The van der Waals surface area contributed by atoms with E-state index in [-0.39, 0.29) is 11.9 Å². The maximum absolute atomic E-state index is 11.9. The molecular formula is C11H20N2O4S. The molecule has 6 nitrogen and oxygen atoms in total. The number of carboxylic acids is 1. The number of carbonyl (C=O) groups excluding carboxylic acids is 1. The van der Waals surface area contributed by atoms with E-state index in [0.29, 0.717) is 31.0 Å². The van der Waals surface area contributed by atoms with E-state index in [2.05, 4.69) is 5.32 Å². The van der Waals surface area contributed by atoms with Crippen LogP contribution in [0.5, 0.6) is 0 Å². The number of urea groups is 1. The highest BCUT2D eigenvalue weighted by atomic mass is 32.2. The van der Waals surface area contributed by atoms with Gasteiger partial charge in [0.1, 0.15) is 6.04 Å². The van der Waals surface area contributed by atoms with Crippen LogP contribution in [0, 0.1) is 5.92 Å². The number of carboxylic acid groups (broad SMARTS) is 1. The fraction of sp³-hybridized carbons (Fsp3) is 0.818. The first-order chi connectivity index (χ1) is 8.40. The largest absolute Gasteiger partial charge is 0.480 e. The van der Waals surface area contributed by atoms with Crippen LogP contribution >= 0.6 is 0 Å². The summed E-state index contributed by atoms with van der Waals surface area (Å²) < 4.78 is 11.2. The van der Waals surface area contributed by atoms with Gasteiger partial charge in [-0.2, -0.15) is 0 Å². The third kappa shape index (κ3) is 4.64. The summed E-state index contributed by atoms with van der Waals surface area (Å²) in [5.41, 5.74) is 0. The Balaban J connectivity index is 2.50. The molecule has 104 valence electrons. The average Bonchev–Trinajstić information content (AvgIpc) is 2.28. The smallest absolute Gasteiger partial charge is 0.326 e. The SMILES string of the molecule is CC(C)C[C@@H](NC(=O)N1CCS(=O)CC1)C(=O)O. The molecule has 1 heterocycles. The van der Waals surface area contributed by atoms with Crippen LogP contribution in [0.1, 0.15) is 20.3 Å². The summed E-state index contributed by atoms with van der Waals surface area (Å²) in [6, 6.07) is -1.23. The summed E-state index contributed by atoms with van der Waals surface area (Å²) in [5, 5.41) is 11.6. The van der Waals surface area contributed by atoms with Crippen molar-refractivity contribution < 1.29 is 18.9 Å². The predicted molar refractivity (Wildman–Crippen MR) is 68.9 cm³/mol. The van der Waals surface area contributed by atoms with Gasteiger partial charge in [-0.25, -0.2) is 9.59 Å². The van der Waals surface area contributed by atoms with Gasteiger partial charge in [-0.05, 0) is 12.3 Å². The molecule has 1 atom stereocenters. The molecule has 2 amide bonds. The van der Waals surface area contributed by atoms with Crippen LogP contribution < -0.4 is 5.32 Å². The third-order valence-corrected chi connectivity index (χ3v) is 4.04. The van der Waals surface area contributed by atoms with Crippen LogP contribution in [0.2, 0.25) is 0 Å². The second-order valence-electron chi connectivity index (χ2n) is 4.80. The minimum atomic E-state index is -1.02. The van der Waals surface area contributed by atoms with Gasteiger partial charge in [0.15, 0.2) is 0 Å². The van der Waals surface area contributed by atoms with Gasteiger partial charge in [0.05, 0.1) is 0 Å². The van der Waals surface area contributed by atoms with Gasteiger partial charge in [-0.15, -0.1) is 0 Å². The van der Waals surface area contributed by atoms with E-state index < -0.39 is 22.8 Å². The maximum Gasteiger partial charge on any atom is 0.326 e. The van der Waals surface area contributed by atoms with Crippen molar-refractivity contribution in [2.45, 2.75) is 26.3 Å². The van der Waals surface area contributed by atoms with E-state index >= 15 is 0 Å². The Morgan fingerprint density at radius 2 is 1.89 bits per heavy atom. The lowest BCUT2D eigenvalue weighted by atomic mass is 10.0. The number of nitrogens with zero attached hydrogens (tertiary/aromatic N) is 1. The monoisotopic (exact) mass is 276 g/mol. The van der Waals surface area contributed by atoms with Gasteiger partial charge in [-0.1, -0.05) is 13.8 Å². The van der Waals surface area contributed by atoms with Gasteiger partial charge in [0, 0.05) is 35.4 Å². The van der Waals surface area contributed by atoms with E-state index in [4.69, 9.17) is 5.11 Å². The number of nitrogens with one attached hydrogen (secondary N) is 1. The van der Waals surface area contributed by atoms with Crippen LogP contribution in [-0.2, 0) is 15.6 Å². The Bertz CT molecular complexity index is 336. The Hall–Kier alpha value is -1.11. The first-order valence-electron chi connectivity index (χ1n) is 6.03. The molecule has 0 aromatic heterocycles. The van der Waals surface area contributed by atoms with Gasteiger partial charge in [-0.3, -0.25) is 4.21 Å². The highest BCUT2D eigenvalue weighted by molar-refractivity contribution is 7.85. The molecule has 18 heavy (non-hydrogen) atoms. The summed E-state index contributed by atoms with van der Waals surface area (Å²) in [4.78, 5) is 24.4.